The number of hydrogen-bond donors (Lipinski definition) is 3. The average molecular weight is 240 g/mol. The van der Waals surface area contributed by atoms with Crippen LogP contribution in [0.25, 0.3) is 0 Å². The molecule has 0 heterocycles. The lowest BCUT2D eigenvalue weighted by Gasteiger charge is -2.26. The molecule has 0 aromatic carbocycles. The molecule has 0 spiro atoms. The molecule has 1 aliphatic carbocycles. The van der Waals surface area contributed by atoms with Crippen molar-refractivity contribution in [1.29, 1.82) is 0 Å². The van der Waals surface area contributed by atoms with E-state index in [2.05, 4.69) is 17.2 Å². The van der Waals surface area contributed by atoms with Gasteiger partial charge < -0.3 is 15.7 Å². The summed E-state index contributed by atoms with van der Waals surface area (Å²) < 4.78 is 0. The van der Waals surface area contributed by atoms with Crippen molar-refractivity contribution in [3.63, 3.8) is 0 Å². The van der Waals surface area contributed by atoms with E-state index >= 15 is 0 Å². The molecule has 0 aromatic rings. The van der Waals surface area contributed by atoms with Crippen molar-refractivity contribution in [2.24, 2.45) is 0 Å². The molecule has 1 saturated carbocycles. The molecule has 0 aromatic heterocycles. The normalized spacial score (nSPS) is 19.4. The van der Waals surface area contributed by atoms with E-state index in [1.807, 2.05) is 6.92 Å². The van der Waals surface area contributed by atoms with Crippen LogP contribution >= 0.6 is 0 Å². The van der Waals surface area contributed by atoms with E-state index in [-0.39, 0.29) is 6.04 Å². The molecule has 5 heteroatoms. The third-order valence-electron chi connectivity index (χ3n) is 3.12. The molecule has 0 radical (unpaired) electrons. The Morgan fingerprint density at radius 1 is 1.47 bits per heavy atom. The van der Waals surface area contributed by atoms with Gasteiger partial charge in [-0.25, -0.2) is 9.59 Å². The van der Waals surface area contributed by atoms with Crippen LogP contribution in [0.2, 0.25) is 0 Å². The molecule has 1 aliphatic rings. The minimum atomic E-state index is -1.07. The summed E-state index contributed by atoms with van der Waals surface area (Å²) in [6.07, 6.45) is 5.07. The van der Waals surface area contributed by atoms with Crippen molar-refractivity contribution in [2.45, 2.75) is 50.6 Å². The van der Waals surface area contributed by atoms with Crippen LogP contribution in [0.15, 0.2) is 12.7 Å². The third kappa shape index (κ3) is 3.47. The van der Waals surface area contributed by atoms with Crippen molar-refractivity contribution >= 4 is 12.0 Å². The maximum absolute atomic E-state index is 11.7. The Morgan fingerprint density at radius 2 is 2.06 bits per heavy atom. The highest BCUT2D eigenvalue weighted by Gasteiger charge is 2.42. The fraction of sp³-hybridized carbons (Fsp3) is 0.667. The number of carbonyl (C=O) groups excluding carboxylic acids is 1. The SMILES string of the molecule is C=CCC(C)NC(=O)NC1(C(=O)O)CCCC1. The van der Waals surface area contributed by atoms with Gasteiger partial charge in [-0.2, -0.15) is 0 Å². The zero-order chi connectivity index (χ0) is 12.9. The van der Waals surface area contributed by atoms with Gasteiger partial charge in [-0.3, -0.25) is 0 Å². The predicted octanol–water partition coefficient (Wildman–Crippen LogP) is 1.65. The van der Waals surface area contributed by atoms with Crippen LogP contribution in [0.1, 0.15) is 39.0 Å². The summed E-state index contributed by atoms with van der Waals surface area (Å²) in [6, 6.07) is -0.455. The van der Waals surface area contributed by atoms with Gasteiger partial charge in [0.15, 0.2) is 0 Å². The van der Waals surface area contributed by atoms with E-state index < -0.39 is 17.5 Å². The first-order valence-corrected chi connectivity index (χ1v) is 5.93. The maximum atomic E-state index is 11.7. The van der Waals surface area contributed by atoms with Gasteiger partial charge in [-0.15, -0.1) is 6.58 Å². The standard InChI is InChI=1S/C12H20N2O3/c1-3-6-9(2)13-11(17)14-12(10(15)16)7-4-5-8-12/h3,9H,1,4-8H2,2H3,(H,15,16)(H2,13,14,17). The molecule has 1 atom stereocenters. The summed E-state index contributed by atoms with van der Waals surface area (Å²) in [5, 5.41) is 14.5. The van der Waals surface area contributed by atoms with Crippen LogP contribution in [0.4, 0.5) is 4.79 Å². The highest BCUT2D eigenvalue weighted by atomic mass is 16.4. The number of aliphatic carboxylic acids is 1. The molecular weight excluding hydrogens is 220 g/mol. The van der Waals surface area contributed by atoms with Crippen LogP contribution in [0, 0.1) is 0 Å². The van der Waals surface area contributed by atoms with Gasteiger partial charge >= 0.3 is 12.0 Å². The van der Waals surface area contributed by atoms with E-state index in [1.165, 1.54) is 0 Å². The number of carbonyl (C=O) groups is 2. The van der Waals surface area contributed by atoms with E-state index in [9.17, 15) is 14.7 Å². The van der Waals surface area contributed by atoms with Crippen LogP contribution < -0.4 is 10.6 Å². The van der Waals surface area contributed by atoms with Crippen molar-refractivity contribution in [3.05, 3.63) is 12.7 Å². The van der Waals surface area contributed by atoms with Gasteiger partial charge in [-0.1, -0.05) is 18.9 Å². The van der Waals surface area contributed by atoms with Gasteiger partial charge in [-0.05, 0) is 26.2 Å². The first-order valence-electron chi connectivity index (χ1n) is 5.93. The van der Waals surface area contributed by atoms with Gasteiger partial charge in [0.2, 0.25) is 0 Å². The number of urea groups is 1. The fourth-order valence-electron chi connectivity index (χ4n) is 2.16. The predicted molar refractivity (Wildman–Crippen MR) is 64.8 cm³/mol. The van der Waals surface area contributed by atoms with Crippen molar-refractivity contribution in [2.75, 3.05) is 0 Å². The van der Waals surface area contributed by atoms with E-state index in [0.717, 1.165) is 12.8 Å². The number of hydrogen-bond acceptors (Lipinski definition) is 2. The number of carboxylic acid groups (broad SMARTS) is 1. The average Bonchev–Trinajstić information content (AvgIpc) is 2.67. The van der Waals surface area contributed by atoms with Gasteiger partial charge in [0.25, 0.3) is 0 Å². The molecule has 0 bridgehead atoms. The number of rotatable bonds is 5. The zero-order valence-corrected chi connectivity index (χ0v) is 10.2. The second-order valence-corrected chi connectivity index (χ2v) is 4.62. The Hall–Kier alpha value is -1.52. The molecule has 1 rings (SSSR count). The van der Waals surface area contributed by atoms with Crippen LogP contribution in [0.3, 0.4) is 0 Å². The lowest BCUT2D eigenvalue weighted by atomic mass is 9.98. The summed E-state index contributed by atoms with van der Waals surface area (Å²) in [5.41, 5.74) is -1.07. The molecule has 5 nitrogen and oxygen atoms in total. The summed E-state index contributed by atoms with van der Waals surface area (Å²) >= 11 is 0. The minimum Gasteiger partial charge on any atom is -0.480 e. The lowest BCUT2D eigenvalue weighted by molar-refractivity contribution is -0.144. The molecule has 17 heavy (non-hydrogen) atoms. The highest BCUT2D eigenvalue weighted by molar-refractivity contribution is 5.86. The zero-order valence-electron chi connectivity index (χ0n) is 10.2. The Balaban J connectivity index is 2.53. The third-order valence-corrected chi connectivity index (χ3v) is 3.12. The first-order chi connectivity index (χ1) is 8.00. The maximum Gasteiger partial charge on any atom is 0.329 e. The monoisotopic (exact) mass is 240 g/mol. The smallest absolute Gasteiger partial charge is 0.329 e. The molecule has 1 unspecified atom stereocenters. The molecule has 0 saturated heterocycles. The summed E-state index contributed by atoms with van der Waals surface area (Å²) in [5.74, 6) is -0.943. The number of carboxylic acids is 1. The summed E-state index contributed by atoms with van der Waals surface area (Å²) in [6.45, 7) is 5.44. The van der Waals surface area contributed by atoms with E-state index in [4.69, 9.17) is 0 Å². The lowest BCUT2D eigenvalue weighted by Crippen LogP contribution is -2.56. The van der Waals surface area contributed by atoms with Crippen LogP contribution in [-0.2, 0) is 4.79 Å². The Bertz CT molecular complexity index is 309. The molecular formula is C12H20N2O3. The second kappa shape index (κ2) is 5.70. The van der Waals surface area contributed by atoms with Crippen molar-refractivity contribution < 1.29 is 14.7 Å². The molecule has 2 amide bonds. The molecule has 96 valence electrons. The Labute approximate surface area is 101 Å². The molecule has 0 aliphatic heterocycles. The number of amides is 2. The quantitative estimate of drug-likeness (QED) is 0.639. The topological polar surface area (TPSA) is 78.4 Å². The van der Waals surface area contributed by atoms with E-state index in [1.54, 1.807) is 6.08 Å². The fourth-order valence-corrected chi connectivity index (χ4v) is 2.16. The summed E-state index contributed by atoms with van der Waals surface area (Å²) in [7, 11) is 0. The first kappa shape index (κ1) is 13.5. The van der Waals surface area contributed by atoms with Crippen molar-refractivity contribution in [1.82, 2.24) is 10.6 Å². The second-order valence-electron chi connectivity index (χ2n) is 4.62. The van der Waals surface area contributed by atoms with E-state index in [0.29, 0.717) is 19.3 Å². The van der Waals surface area contributed by atoms with Gasteiger partial charge in [0.05, 0.1) is 0 Å². The number of nitrogens with one attached hydrogen (secondary N) is 2. The minimum absolute atomic E-state index is 0.0419. The van der Waals surface area contributed by atoms with Crippen LogP contribution in [0.5, 0.6) is 0 Å². The summed E-state index contributed by atoms with van der Waals surface area (Å²) in [4.78, 5) is 22.9. The van der Waals surface area contributed by atoms with Crippen LogP contribution in [-0.4, -0.2) is 28.7 Å². The Morgan fingerprint density at radius 3 is 2.53 bits per heavy atom. The largest absolute Gasteiger partial charge is 0.480 e. The molecule has 3 N–H and O–H groups in total. The van der Waals surface area contributed by atoms with Gasteiger partial charge in [0.1, 0.15) is 5.54 Å². The van der Waals surface area contributed by atoms with Gasteiger partial charge in [0, 0.05) is 6.04 Å². The highest BCUT2D eigenvalue weighted by Crippen LogP contribution is 2.29. The Kier molecular flexibility index (Phi) is 4.54. The van der Waals surface area contributed by atoms with Crippen molar-refractivity contribution in [3.8, 4) is 0 Å². The molecule has 1 fully saturated rings.